The lowest BCUT2D eigenvalue weighted by molar-refractivity contribution is -0.121. The van der Waals surface area contributed by atoms with Gasteiger partial charge in [-0.15, -0.1) is 0 Å². The molecule has 0 spiro atoms. The number of carbonyl (C=O) groups excluding carboxylic acids is 1. The SMILES string of the molecule is CC(C)c1ccc(CC2(C)Cc3cc(CCC(=O)NCCO)ccc3O2)cc1. The lowest BCUT2D eigenvalue weighted by Crippen LogP contribution is -2.32. The molecule has 1 amide bonds. The highest BCUT2D eigenvalue weighted by molar-refractivity contribution is 5.76. The standard InChI is InChI=1S/C24H31NO3/c1-17(2)20-8-4-19(5-9-20)15-24(3)16-21-14-18(6-10-22(21)28-24)7-11-23(27)25-12-13-26/h4-6,8-10,14,17,26H,7,11-13,15-16H2,1-3H3,(H,25,27). The van der Waals surface area contributed by atoms with Crippen molar-refractivity contribution in [2.45, 2.75) is 58.0 Å². The van der Waals surface area contributed by atoms with E-state index in [0.717, 1.165) is 24.2 Å². The first-order valence-corrected chi connectivity index (χ1v) is 10.2. The van der Waals surface area contributed by atoms with Gasteiger partial charge in [0.05, 0.1) is 6.61 Å². The Labute approximate surface area is 167 Å². The summed E-state index contributed by atoms with van der Waals surface area (Å²) in [6.07, 6.45) is 2.87. The summed E-state index contributed by atoms with van der Waals surface area (Å²) in [5.41, 5.74) is 4.78. The molecule has 0 aromatic heterocycles. The van der Waals surface area contributed by atoms with E-state index in [9.17, 15) is 4.79 Å². The van der Waals surface area contributed by atoms with Crippen molar-refractivity contribution in [3.05, 3.63) is 64.7 Å². The van der Waals surface area contributed by atoms with Gasteiger partial charge in [-0.05, 0) is 47.6 Å². The van der Waals surface area contributed by atoms with Crippen LogP contribution in [-0.4, -0.2) is 29.8 Å². The van der Waals surface area contributed by atoms with Crippen LogP contribution in [0.1, 0.15) is 55.4 Å². The van der Waals surface area contributed by atoms with E-state index in [1.165, 1.54) is 16.7 Å². The predicted molar refractivity (Wildman–Crippen MR) is 112 cm³/mol. The van der Waals surface area contributed by atoms with Gasteiger partial charge < -0.3 is 15.2 Å². The first-order valence-electron chi connectivity index (χ1n) is 10.2. The largest absolute Gasteiger partial charge is 0.487 e. The molecule has 1 atom stereocenters. The third kappa shape index (κ3) is 5.14. The van der Waals surface area contributed by atoms with Crippen molar-refractivity contribution in [1.82, 2.24) is 5.32 Å². The molecule has 1 heterocycles. The topological polar surface area (TPSA) is 58.6 Å². The van der Waals surface area contributed by atoms with Gasteiger partial charge >= 0.3 is 0 Å². The number of rotatable bonds is 8. The third-order valence-electron chi connectivity index (χ3n) is 5.34. The molecular weight excluding hydrogens is 350 g/mol. The van der Waals surface area contributed by atoms with Crippen molar-refractivity contribution in [3.63, 3.8) is 0 Å². The number of carbonyl (C=O) groups is 1. The Kier molecular flexibility index (Phi) is 6.40. The molecule has 1 aliphatic heterocycles. The smallest absolute Gasteiger partial charge is 0.220 e. The van der Waals surface area contributed by atoms with Gasteiger partial charge in [-0.3, -0.25) is 4.79 Å². The van der Waals surface area contributed by atoms with Crippen molar-refractivity contribution >= 4 is 5.91 Å². The van der Waals surface area contributed by atoms with Gasteiger partial charge in [-0.1, -0.05) is 50.2 Å². The molecule has 0 aliphatic carbocycles. The Morgan fingerprint density at radius 2 is 1.89 bits per heavy atom. The van der Waals surface area contributed by atoms with Crippen LogP contribution in [0, 0.1) is 0 Å². The molecule has 3 rings (SSSR count). The summed E-state index contributed by atoms with van der Waals surface area (Å²) in [4.78, 5) is 11.7. The highest BCUT2D eigenvalue weighted by Gasteiger charge is 2.35. The minimum Gasteiger partial charge on any atom is -0.487 e. The summed E-state index contributed by atoms with van der Waals surface area (Å²) in [7, 11) is 0. The zero-order chi connectivity index (χ0) is 20.1. The fourth-order valence-corrected chi connectivity index (χ4v) is 3.82. The number of nitrogens with one attached hydrogen (secondary N) is 1. The van der Waals surface area contributed by atoms with E-state index in [1.807, 2.05) is 12.1 Å². The summed E-state index contributed by atoms with van der Waals surface area (Å²) < 4.78 is 6.30. The highest BCUT2D eigenvalue weighted by atomic mass is 16.5. The van der Waals surface area contributed by atoms with Crippen molar-refractivity contribution < 1.29 is 14.6 Å². The second-order valence-corrected chi connectivity index (χ2v) is 8.32. The van der Waals surface area contributed by atoms with Crippen LogP contribution in [-0.2, 0) is 24.1 Å². The molecule has 28 heavy (non-hydrogen) atoms. The second kappa shape index (κ2) is 8.78. The maximum Gasteiger partial charge on any atom is 0.220 e. The number of benzene rings is 2. The first-order chi connectivity index (χ1) is 13.4. The van der Waals surface area contributed by atoms with Gasteiger partial charge in [0.1, 0.15) is 11.4 Å². The van der Waals surface area contributed by atoms with Crippen LogP contribution in [0.3, 0.4) is 0 Å². The van der Waals surface area contributed by atoms with E-state index in [0.29, 0.717) is 25.3 Å². The number of aliphatic hydroxyl groups excluding tert-OH is 1. The number of ether oxygens (including phenoxy) is 1. The van der Waals surface area contributed by atoms with Crippen LogP contribution in [0.5, 0.6) is 5.75 Å². The quantitative estimate of drug-likeness (QED) is 0.731. The van der Waals surface area contributed by atoms with Gasteiger partial charge in [0.25, 0.3) is 0 Å². The fourth-order valence-electron chi connectivity index (χ4n) is 3.82. The molecule has 1 aliphatic rings. The van der Waals surface area contributed by atoms with Crippen molar-refractivity contribution in [2.24, 2.45) is 0 Å². The minimum absolute atomic E-state index is 0.0271. The molecule has 0 fully saturated rings. The van der Waals surface area contributed by atoms with E-state index in [4.69, 9.17) is 9.84 Å². The first kappa shape index (κ1) is 20.4. The second-order valence-electron chi connectivity index (χ2n) is 8.32. The van der Waals surface area contributed by atoms with Crippen LogP contribution >= 0.6 is 0 Å². The number of aliphatic hydroxyl groups is 1. The summed E-state index contributed by atoms with van der Waals surface area (Å²) in [5.74, 6) is 1.47. The Morgan fingerprint density at radius 1 is 1.18 bits per heavy atom. The van der Waals surface area contributed by atoms with Gasteiger partial charge in [0.15, 0.2) is 0 Å². The Balaban J connectivity index is 1.61. The number of amides is 1. The van der Waals surface area contributed by atoms with Crippen LogP contribution in [0.4, 0.5) is 0 Å². The molecule has 2 aromatic carbocycles. The lowest BCUT2D eigenvalue weighted by atomic mass is 9.90. The zero-order valence-corrected chi connectivity index (χ0v) is 17.1. The molecule has 150 valence electrons. The monoisotopic (exact) mass is 381 g/mol. The lowest BCUT2D eigenvalue weighted by Gasteiger charge is -2.24. The Morgan fingerprint density at radius 3 is 2.57 bits per heavy atom. The van der Waals surface area contributed by atoms with Crippen LogP contribution in [0.25, 0.3) is 0 Å². The maximum atomic E-state index is 11.7. The van der Waals surface area contributed by atoms with Crippen molar-refractivity contribution in [3.8, 4) is 5.75 Å². The number of hydrogen-bond acceptors (Lipinski definition) is 3. The van der Waals surface area contributed by atoms with Crippen molar-refractivity contribution in [1.29, 1.82) is 0 Å². The fraction of sp³-hybridized carbons (Fsp3) is 0.458. The number of fused-ring (bicyclic) bond motifs is 1. The number of hydrogen-bond donors (Lipinski definition) is 2. The summed E-state index contributed by atoms with van der Waals surface area (Å²) in [6, 6.07) is 15.1. The molecule has 0 radical (unpaired) electrons. The minimum atomic E-state index is -0.237. The average Bonchev–Trinajstić information content (AvgIpc) is 2.99. The molecule has 0 bridgehead atoms. The van der Waals surface area contributed by atoms with Crippen LogP contribution < -0.4 is 10.1 Å². The Bertz CT molecular complexity index is 813. The summed E-state index contributed by atoms with van der Waals surface area (Å²) >= 11 is 0. The number of aryl methyl sites for hydroxylation is 1. The summed E-state index contributed by atoms with van der Waals surface area (Å²) in [6.45, 7) is 6.88. The van der Waals surface area contributed by atoms with E-state index in [2.05, 4.69) is 56.4 Å². The van der Waals surface area contributed by atoms with Crippen LogP contribution in [0.15, 0.2) is 42.5 Å². The molecule has 4 nitrogen and oxygen atoms in total. The zero-order valence-electron chi connectivity index (χ0n) is 17.1. The molecule has 4 heteroatoms. The highest BCUT2D eigenvalue weighted by Crippen LogP contribution is 2.37. The van der Waals surface area contributed by atoms with E-state index < -0.39 is 0 Å². The van der Waals surface area contributed by atoms with Gasteiger partial charge in [-0.25, -0.2) is 0 Å². The van der Waals surface area contributed by atoms with Crippen LogP contribution in [0.2, 0.25) is 0 Å². The average molecular weight is 382 g/mol. The Hall–Kier alpha value is -2.33. The molecule has 2 aromatic rings. The molecule has 2 N–H and O–H groups in total. The molecule has 0 saturated carbocycles. The van der Waals surface area contributed by atoms with Gasteiger partial charge in [0.2, 0.25) is 5.91 Å². The van der Waals surface area contributed by atoms with E-state index in [1.54, 1.807) is 0 Å². The summed E-state index contributed by atoms with van der Waals surface area (Å²) in [5, 5.41) is 11.5. The molecule has 0 saturated heterocycles. The predicted octanol–water partition coefficient (Wildman–Crippen LogP) is 3.79. The third-order valence-corrected chi connectivity index (χ3v) is 5.34. The van der Waals surface area contributed by atoms with E-state index >= 15 is 0 Å². The van der Waals surface area contributed by atoms with E-state index in [-0.39, 0.29) is 18.1 Å². The van der Waals surface area contributed by atoms with Crippen molar-refractivity contribution in [2.75, 3.05) is 13.2 Å². The normalized spacial score (nSPS) is 18.0. The molecule has 1 unspecified atom stereocenters. The van der Waals surface area contributed by atoms with Gasteiger partial charge in [-0.2, -0.15) is 0 Å². The molecular formula is C24H31NO3. The van der Waals surface area contributed by atoms with Gasteiger partial charge in [0, 0.05) is 25.8 Å². The maximum absolute atomic E-state index is 11.7.